The molecule has 1 heteroatoms. The zero-order valence-electron chi connectivity index (χ0n) is 6.18. The molecule has 1 aromatic heterocycles. The molecular formula is C9H9N. The van der Waals surface area contributed by atoms with Crippen LogP contribution in [0.5, 0.6) is 0 Å². The van der Waals surface area contributed by atoms with Crippen LogP contribution in [-0.4, -0.2) is 4.98 Å². The lowest BCUT2D eigenvalue weighted by Crippen LogP contribution is -1.86. The molecule has 0 aliphatic carbocycles. The van der Waals surface area contributed by atoms with Gasteiger partial charge in [-0.15, -0.1) is 6.42 Å². The van der Waals surface area contributed by atoms with Crippen molar-refractivity contribution in [2.45, 2.75) is 13.8 Å². The molecule has 0 radical (unpaired) electrons. The van der Waals surface area contributed by atoms with Gasteiger partial charge in [-0.25, -0.2) is 0 Å². The van der Waals surface area contributed by atoms with Gasteiger partial charge in [0, 0.05) is 17.0 Å². The topological polar surface area (TPSA) is 12.9 Å². The average molecular weight is 131 g/mol. The summed E-state index contributed by atoms with van der Waals surface area (Å²) >= 11 is 0. The van der Waals surface area contributed by atoms with Gasteiger partial charge >= 0.3 is 0 Å². The Morgan fingerprint density at radius 3 is 2.20 bits per heavy atom. The van der Waals surface area contributed by atoms with E-state index in [-0.39, 0.29) is 0 Å². The maximum absolute atomic E-state index is 5.21. The number of aryl methyl sites for hydroxylation is 2. The maximum Gasteiger partial charge on any atom is 0.0388 e. The molecule has 0 unspecified atom stereocenters. The van der Waals surface area contributed by atoms with Gasteiger partial charge in [0.1, 0.15) is 0 Å². The number of hydrogen-bond acceptors (Lipinski definition) is 1. The van der Waals surface area contributed by atoms with E-state index < -0.39 is 0 Å². The molecule has 0 saturated carbocycles. The second-order valence-electron chi connectivity index (χ2n) is 2.28. The Bertz CT molecular complexity index is 261. The molecule has 0 saturated heterocycles. The van der Waals surface area contributed by atoms with Crippen molar-refractivity contribution < 1.29 is 0 Å². The highest BCUT2D eigenvalue weighted by Crippen LogP contribution is 2.02. The third kappa shape index (κ3) is 1.35. The van der Waals surface area contributed by atoms with E-state index in [0.717, 1.165) is 17.0 Å². The van der Waals surface area contributed by atoms with Crippen LogP contribution in [0.15, 0.2) is 12.1 Å². The predicted octanol–water partition coefficient (Wildman–Crippen LogP) is 1.68. The molecule has 0 aliphatic rings. The van der Waals surface area contributed by atoms with Crippen molar-refractivity contribution in [1.82, 2.24) is 4.98 Å². The molecule has 50 valence electrons. The lowest BCUT2D eigenvalue weighted by molar-refractivity contribution is 1.12. The Hall–Kier alpha value is -1.29. The number of pyridine rings is 1. The summed E-state index contributed by atoms with van der Waals surface area (Å²) in [6.07, 6.45) is 5.21. The monoisotopic (exact) mass is 131 g/mol. The minimum absolute atomic E-state index is 0.907. The maximum atomic E-state index is 5.21. The molecule has 1 rings (SSSR count). The summed E-state index contributed by atoms with van der Waals surface area (Å²) < 4.78 is 0. The lowest BCUT2D eigenvalue weighted by Gasteiger charge is -1.95. The van der Waals surface area contributed by atoms with Gasteiger partial charge in [-0.1, -0.05) is 5.92 Å². The van der Waals surface area contributed by atoms with E-state index in [9.17, 15) is 0 Å². The van der Waals surface area contributed by atoms with E-state index >= 15 is 0 Å². The SMILES string of the molecule is C#Cc1cc(C)nc(C)c1. The van der Waals surface area contributed by atoms with Crippen LogP contribution in [0.4, 0.5) is 0 Å². The van der Waals surface area contributed by atoms with Gasteiger partial charge in [-0.2, -0.15) is 0 Å². The van der Waals surface area contributed by atoms with Gasteiger partial charge in [-0.05, 0) is 26.0 Å². The standard InChI is InChI=1S/C9H9N/c1-4-9-5-7(2)10-8(3)6-9/h1,5-6H,2-3H3. The molecule has 1 heterocycles. The molecule has 0 atom stereocenters. The average Bonchev–Trinajstić information content (AvgIpc) is 1.85. The van der Waals surface area contributed by atoms with Crippen LogP contribution in [0.25, 0.3) is 0 Å². The van der Waals surface area contributed by atoms with Crippen LogP contribution < -0.4 is 0 Å². The fraction of sp³-hybridized carbons (Fsp3) is 0.222. The second-order valence-corrected chi connectivity index (χ2v) is 2.28. The molecule has 0 amide bonds. The molecular weight excluding hydrogens is 122 g/mol. The summed E-state index contributed by atoms with van der Waals surface area (Å²) in [5, 5.41) is 0. The van der Waals surface area contributed by atoms with Crippen molar-refractivity contribution in [2.24, 2.45) is 0 Å². The molecule has 0 aromatic carbocycles. The van der Waals surface area contributed by atoms with Crippen molar-refractivity contribution in [3.8, 4) is 12.3 Å². The normalized spacial score (nSPS) is 8.90. The molecule has 1 nitrogen and oxygen atoms in total. The summed E-state index contributed by atoms with van der Waals surface area (Å²) in [6.45, 7) is 3.88. The van der Waals surface area contributed by atoms with Gasteiger partial charge in [0.05, 0.1) is 0 Å². The van der Waals surface area contributed by atoms with Crippen LogP contribution in [0.1, 0.15) is 17.0 Å². The summed E-state index contributed by atoms with van der Waals surface area (Å²) in [4.78, 5) is 4.19. The van der Waals surface area contributed by atoms with Gasteiger partial charge in [0.2, 0.25) is 0 Å². The van der Waals surface area contributed by atoms with Crippen molar-refractivity contribution in [3.05, 3.63) is 29.1 Å². The van der Waals surface area contributed by atoms with E-state index in [1.54, 1.807) is 0 Å². The van der Waals surface area contributed by atoms with Crippen LogP contribution in [0.2, 0.25) is 0 Å². The first kappa shape index (κ1) is 6.82. The van der Waals surface area contributed by atoms with E-state index in [2.05, 4.69) is 10.9 Å². The Kier molecular flexibility index (Phi) is 1.73. The van der Waals surface area contributed by atoms with Crippen molar-refractivity contribution in [3.63, 3.8) is 0 Å². The molecule has 1 aromatic rings. The fourth-order valence-electron chi connectivity index (χ4n) is 0.918. The Morgan fingerprint density at radius 2 is 1.80 bits per heavy atom. The van der Waals surface area contributed by atoms with E-state index in [0.29, 0.717) is 0 Å². The van der Waals surface area contributed by atoms with Crippen LogP contribution in [0.3, 0.4) is 0 Å². The first-order valence-corrected chi connectivity index (χ1v) is 3.14. The number of aromatic nitrogens is 1. The summed E-state index contributed by atoms with van der Waals surface area (Å²) in [5.74, 6) is 2.57. The highest BCUT2D eigenvalue weighted by Gasteiger charge is 1.91. The largest absolute Gasteiger partial charge is 0.258 e. The number of terminal acetylenes is 1. The highest BCUT2D eigenvalue weighted by atomic mass is 14.7. The Labute approximate surface area is 61.1 Å². The molecule has 0 N–H and O–H groups in total. The predicted molar refractivity (Wildman–Crippen MR) is 41.6 cm³/mol. The van der Waals surface area contributed by atoms with Crippen molar-refractivity contribution in [2.75, 3.05) is 0 Å². The first-order chi connectivity index (χ1) is 4.72. The number of hydrogen-bond donors (Lipinski definition) is 0. The van der Waals surface area contributed by atoms with Gasteiger partial charge < -0.3 is 0 Å². The van der Waals surface area contributed by atoms with Gasteiger partial charge in [0.25, 0.3) is 0 Å². The second kappa shape index (κ2) is 2.53. The Balaban J connectivity index is 3.22. The summed E-state index contributed by atoms with van der Waals surface area (Å²) in [7, 11) is 0. The number of nitrogens with zero attached hydrogens (tertiary/aromatic N) is 1. The summed E-state index contributed by atoms with van der Waals surface area (Å²) in [5.41, 5.74) is 2.87. The van der Waals surface area contributed by atoms with Gasteiger partial charge in [-0.3, -0.25) is 4.98 Å². The zero-order valence-corrected chi connectivity index (χ0v) is 6.18. The van der Waals surface area contributed by atoms with Crippen LogP contribution >= 0.6 is 0 Å². The van der Waals surface area contributed by atoms with Crippen LogP contribution in [0, 0.1) is 26.2 Å². The first-order valence-electron chi connectivity index (χ1n) is 3.14. The third-order valence-corrected chi connectivity index (χ3v) is 1.25. The van der Waals surface area contributed by atoms with E-state index in [4.69, 9.17) is 6.42 Å². The highest BCUT2D eigenvalue weighted by molar-refractivity contribution is 5.33. The minimum Gasteiger partial charge on any atom is -0.258 e. The molecule has 0 fully saturated rings. The third-order valence-electron chi connectivity index (χ3n) is 1.25. The van der Waals surface area contributed by atoms with Crippen molar-refractivity contribution >= 4 is 0 Å². The quantitative estimate of drug-likeness (QED) is 0.488. The summed E-state index contributed by atoms with van der Waals surface area (Å²) in [6, 6.07) is 3.79. The molecule has 0 aliphatic heterocycles. The van der Waals surface area contributed by atoms with Gasteiger partial charge in [0.15, 0.2) is 0 Å². The molecule has 10 heavy (non-hydrogen) atoms. The zero-order chi connectivity index (χ0) is 7.56. The fourth-order valence-corrected chi connectivity index (χ4v) is 0.918. The smallest absolute Gasteiger partial charge is 0.0388 e. The minimum atomic E-state index is 0.907. The Morgan fingerprint density at radius 1 is 1.30 bits per heavy atom. The van der Waals surface area contributed by atoms with E-state index in [1.807, 2.05) is 26.0 Å². The number of rotatable bonds is 0. The molecule has 0 bridgehead atoms. The van der Waals surface area contributed by atoms with E-state index in [1.165, 1.54) is 0 Å². The molecule has 0 spiro atoms. The lowest BCUT2D eigenvalue weighted by atomic mass is 10.2. The van der Waals surface area contributed by atoms with Crippen molar-refractivity contribution in [1.29, 1.82) is 0 Å². The van der Waals surface area contributed by atoms with Crippen LogP contribution in [-0.2, 0) is 0 Å².